The lowest BCUT2D eigenvalue weighted by atomic mass is 10.2. The van der Waals surface area contributed by atoms with Crippen LogP contribution in [0, 0.1) is 0 Å². The van der Waals surface area contributed by atoms with E-state index in [2.05, 4.69) is 10.6 Å². The fraction of sp³-hybridized carbons (Fsp3) is 0.312. The minimum atomic E-state index is -0.695. The molecule has 0 radical (unpaired) electrons. The van der Waals surface area contributed by atoms with Crippen molar-refractivity contribution in [2.45, 2.75) is 19.9 Å². The summed E-state index contributed by atoms with van der Waals surface area (Å²) in [5.41, 5.74) is 0. The Morgan fingerprint density at radius 1 is 1.25 bits per heavy atom. The number of ether oxygens (including phenoxy) is 1. The van der Waals surface area contributed by atoms with Gasteiger partial charge in [-0.2, -0.15) is 0 Å². The van der Waals surface area contributed by atoms with E-state index in [4.69, 9.17) is 16.3 Å². The molecule has 6 nitrogen and oxygen atoms in total. The third kappa shape index (κ3) is 4.69. The lowest BCUT2D eigenvalue weighted by molar-refractivity contribution is -0.147. The largest absolute Gasteiger partial charge is 0.454 e. The fourth-order valence-electron chi connectivity index (χ4n) is 1.95. The maximum Gasteiger partial charge on any atom is 0.325 e. The van der Waals surface area contributed by atoms with Gasteiger partial charge in [-0.1, -0.05) is 29.8 Å². The van der Waals surface area contributed by atoms with Crippen LogP contribution < -0.4 is 10.6 Å². The molecule has 1 aromatic carbocycles. The molecule has 0 saturated heterocycles. The first-order chi connectivity index (χ1) is 11.4. The molecule has 0 fully saturated rings. The van der Waals surface area contributed by atoms with Crippen LogP contribution in [0.15, 0.2) is 24.3 Å². The van der Waals surface area contributed by atoms with Crippen LogP contribution in [0.1, 0.15) is 23.5 Å². The van der Waals surface area contributed by atoms with Gasteiger partial charge in [-0.05, 0) is 19.9 Å². The average Bonchev–Trinajstić information content (AvgIpc) is 2.87. The summed E-state index contributed by atoms with van der Waals surface area (Å²) in [6.07, 6.45) is 0. The Kier molecular flexibility index (Phi) is 6.16. The van der Waals surface area contributed by atoms with Gasteiger partial charge in [0.05, 0.1) is 5.02 Å². The van der Waals surface area contributed by atoms with Gasteiger partial charge in [0.2, 0.25) is 0 Å². The highest BCUT2D eigenvalue weighted by molar-refractivity contribution is 7.21. The second-order valence-electron chi connectivity index (χ2n) is 5.31. The Hall–Kier alpha value is -2.12. The molecule has 2 rings (SSSR count). The molecular formula is C16H17ClN2O4S. The molecule has 0 saturated carbocycles. The summed E-state index contributed by atoms with van der Waals surface area (Å²) in [6, 6.07) is 7.35. The predicted octanol–water partition coefficient (Wildman–Crippen LogP) is 2.35. The molecule has 2 N–H and O–H groups in total. The van der Waals surface area contributed by atoms with Gasteiger partial charge in [0.25, 0.3) is 11.8 Å². The molecule has 24 heavy (non-hydrogen) atoms. The van der Waals surface area contributed by atoms with Crippen LogP contribution in [0.25, 0.3) is 10.1 Å². The summed E-state index contributed by atoms with van der Waals surface area (Å²) in [5.74, 6) is -1.54. The molecule has 2 amide bonds. The van der Waals surface area contributed by atoms with Crippen LogP contribution >= 0.6 is 22.9 Å². The van der Waals surface area contributed by atoms with Gasteiger partial charge in [-0.15, -0.1) is 11.3 Å². The van der Waals surface area contributed by atoms with Crippen molar-refractivity contribution in [2.75, 3.05) is 13.2 Å². The summed E-state index contributed by atoms with van der Waals surface area (Å²) in [7, 11) is 0. The Morgan fingerprint density at radius 2 is 1.96 bits per heavy atom. The first kappa shape index (κ1) is 18.2. The highest BCUT2D eigenvalue weighted by Crippen LogP contribution is 2.34. The second kappa shape index (κ2) is 8.12. The van der Waals surface area contributed by atoms with Crippen LogP contribution in [-0.2, 0) is 14.3 Å². The summed E-state index contributed by atoms with van der Waals surface area (Å²) in [5, 5.41) is 6.19. The van der Waals surface area contributed by atoms with E-state index in [0.29, 0.717) is 9.90 Å². The third-order valence-corrected chi connectivity index (χ3v) is 4.62. The van der Waals surface area contributed by atoms with Crippen LogP contribution in [0.4, 0.5) is 0 Å². The van der Waals surface area contributed by atoms with Crippen molar-refractivity contribution in [1.82, 2.24) is 10.6 Å². The van der Waals surface area contributed by atoms with E-state index < -0.39 is 17.8 Å². The van der Waals surface area contributed by atoms with Crippen molar-refractivity contribution >= 4 is 50.8 Å². The van der Waals surface area contributed by atoms with Gasteiger partial charge in [0.1, 0.15) is 11.4 Å². The van der Waals surface area contributed by atoms with E-state index in [1.165, 1.54) is 11.3 Å². The van der Waals surface area contributed by atoms with Gasteiger partial charge >= 0.3 is 5.97 Å². The number of carbonyl (C=O) groups is 3. The van der Waals surface area contributed by atoms with Gasteiger partial charge in [0.15, 0.2) is 6.61 Å². The van der Waals surface area contributed by atoms with Gasteiger partial charge in [0, 0.05) is 16.1 Å². The fourth-order valence-corrected chi connectivity index (χ4v) is 3.39. The Labute approximate surface area is 148 Å². The smallest absolute Gasteiger partial charge is 0.325 e. The molecular weight excluding hydrogens is 352 g/mol. The molecule has 0 aliphatic carbocycles. The number of esters is 1. The Bertz CT molecular complexity index is 773. The highest BCUT2D eigenvalue weighted by Gasteiger charge is 2.18. The van der Waals surface area contributed by atoms with Crippen molar-refractivity contribution in [1.29, 1.82) is 0 Å². The van der Waals surface area contributed by atoms with E-state index in [1.807, 2.05) is 24.3 Å². The molecule has 0 aliphatic rings. The predicted molar refractivity (Wildman–Crippen MR) is 93.4 cm³/mol. The zero-order valence-electron chi connectivity index (χ0n) is 13.2. The number of hydrogen-bond acceptors (Lipinski definition) is 5. The average molecular weight is 369 g/mol. The Morgan fingerprint density at radius 3 is 2.62 bits per heavy atom. The van der Waals surface area contributed by atoms with E-state index in [1.54, 1.807) is 13.8 Å². The second-order valence-corrected chi connectivity index (χ2v) is 6.74. The van der Waals surface area contributed by atoms with E-state index in [0.717, 1.165) is 10.1 Å². The van der Waals surface area contributed by atoms with Crippen molar-refractivity contribution in [3.63, 3.8) is 0 Å². The lowest BCUT2D eigenvalue weighted by Crippen LogP contribution is -2.36. The number of benzene rings is 1. The summed E-state index contributed by atoms with van der Waals surface area (Å²) in [4.78, 5) is 35.4. The van der Waals surface area contributed by atoms with Gasteiger partial charge in [-0.3, -0.25) is 14.4 Å². The normalized spacial score (nSPS) is 10.7. The molecule has 2 aromatic rings. The van der Waals surface area contributed by atoms with Crippen LogP contribution in [0.3, 0.4) is 0 Å². The molecule has 0 bridgehead atoms. The van der Waals surface area contributed by atoms with Crippen molar-refractivity contribution < 1.29 is 19.1 Å². The molecule has 1 heterocycles. The molecule has 0 atom stereocenters. The van der Waals surface area contributed by atoms with Gasteiger partial charge < -0.3 is 15.4 Å². The van der Waals surface area contributed by atoms with Crippen LogP contribution in [0.5, 0.6) is 0 Å². The number of rotatable bonds is 6. The van der Waals surface area contributed by atoms with E-state index >= 15 is 0 Å². The SMILES string of the molecule is CC(C)NC(=O)COC(=O)CNC(=O)c1sc2ccccc2c1Cl. The molecule has 8 heteroatoms. The summed E-state index contributed by atoms with van der Waals surface area (Å²) < 4.78 is 5.67. The number of carbonyl (C=O) groups excluding carboxylic acids is 3. The number of nitrogens with one attached hydrogen (secondary N) is 2. The van der Waals surface area contributed by atoms with Crippen molar-refractivity contribution in [3.05, 3.63) is 34.2 Å². The number of amides is 2. The Balaban J connectivity index is 1.87. The molecule has 0 spiro atoms. The minimum absolute atomic E-state index is 0.0361. The maximum atomic E-state index is 12.2. The minimum Gasteiger partial charge on any atom is -0.454 e. The molecule has 0 unspecified atom stereocenters. The number of fused-ring (bicyclic) bond motifs is 1. The number of hydrogen-bond donors (Lipinski definition) is 2. The zero-order valence-corrected chi connectivity index (χ0v) is 14.8. The lowest BCUT2D eigenvalue weighted by Gasteiger charge is -2.09. The topological polar surface area (TPSA) is 84.5 Å². The zero-order chi connectivity index (χ0) is 17.7. The standard InChI is InChI=1S/C16H17ClN2O4S/c1-9(2)19-12(20)8-23-13(21)7-18-16(22)15-14(17)10-5-3-4-6-11(10)24-15/h3-6,9H,7-8H2,1-2H3,(H,18,22)(H,19,20). The van der Waals surface area contributed by atoms with Crippen LogP contribution in [-0.4, -0.2) is 37.0 Å². The quantitative estimate of drug-likeness (QED) is 0.766. The van der Waals surface area contributed by atoms with Crippen molar-refractivity contribution in [3.8, 4) is 0 Å². The molecule has 1 aromatic heterocycles. The monoisotopic (exact) mass is 368 g/mol. The first-order valence-corrected chi connectivity index (χ1v) is 8.48. The van der Waals surface area contributed by atoms with E-state index in [-0.39, 0.29) is 19.2 Å². The molecule has 128 valence electrons. The maximum absolute atomic E-state index is 12.2. The van der Waals surface area contributed by atoms with Crippen molar-refractivity contribution in [2.24, 2.45) is 0 Å². The first-order valence-electron chi connectivity index (χ1n) is 7.28. The van der Waals surface area contributed by atoms with Crippen LogP contribution in [0.2, 0.25) is 5.02 Å². The van der Waals surface area contributed by atoms with E-state index in [9.17, 15) is 14.4 Å². The van der Waals surface area contributed by atoms with Gasteiger partial charge in [-0.25, -0.2) is 0 Å². The summed E-state index contributed by atoms with van der Waals surface area (Å²) in [6.45, 7) is 2.89. The number of thiophene rings is 1. The number of halogens is 1. The highest BCUT2D eigenvalue weighted by atomic mass is 35.5. The third-order valence-electron chi connectivity index (χ3n) is 2.95. The summed E-state index contributed by atoms with van der Waals surface area (Å²) >= 11 is 7.45. The molecule has 0 aliphatic heterocycles.